The molecule has 180 valence electrons. The highest BCUT2D eigenvalue weighted by Crippen LogP contribution is 2.29. The van der Waals surface area contributed by atoms with Gasteiger partial charge in [0.15, 0.2) is 0 Å². The topological polar surface area (TPSA) is 128 Å². The Morgan fingerprint density at radius 2 is 1.09 bits per heavy atom. The number of anilines is 2. The van der Waals surface area contributed by atoms with Gasteiger partial charge in [-0.3, -0.25) is 0 Å². The second-order valence-corrected chi connectivity index (χ2v) is 8.83. The summed E-state index contributed by atoms with van der Waals surface area (Å²) in [6, 6.07) is 4.97. The largest absolute Gasteiger partial charge is 0.382 e. The third kappa shape index (κ3) is 7.90. The summed E-state index contributed by atoms with van der Waals surface area (Å²) in [5, 5.41) is 23.2. The fourth-order valence-electron chi connectivity index (χ4n) is 4.60. The summed E-state index contributed by atoms with van der Waals surface area (Å²) in [7, 11) is 0. The van der Waals surface area contributed by atoms with Crippen molar-refractivity contribution in [1.29, 1.82) is 0 Å². The first-order valence-corrected chi connectivity index (χ1v) is 11.0. The van der Waals surface area contributed by atoms with Gasteiger partial charge in [-0.15, -0.1) is 44.2 Å². The zero-order valence-electron chi connectivity index (χ0n) is 19.5. The number of nitrogens with zero attached hydrogens (tertiary/aromatic N) is 4. The lowest BCUT2D eigenvalue weighted by molar-refractivity contribution is 0.374. The number of aromatic nitrogens is 4. The average Bonchev–Trinajstić information content (AvgIpc) is 2.68. The van der Waals surface area contributed by atoms with Crippen LogP contribution in [0, 0.1) is 13.8 Å². The molecule has 0 aromatic carbocycles. The van der Waals surface area contributed by atoms with E-state index in [4.69, 9.17) is 11.5 Å². The van der Waals surface area contributed by atoms with Crippen molar-refractivity contribution in [3.63, 3.8) is 0 Å². The first kappa shape index (κ1) is 28.7. The number of hydrogen-bond acceptors (Lipinski definition) is 8. The number of piperidine rings is 2. The predicted octanol–water partition coefficient (Wildman–Crippen LogP) is 3.60. The summed E-state index contributed by atoms with van der Waals surface area (Å²) in [6.45, 7) is 10.7. The Labute approximate surface area is 212 Å². The van der Waals surface area contributed by atoms with Gasteiger partial charge in [0.1, 0.15) is 11.6 Å². The van der Waals surface area contributed by atoms with E-state index < -0.39 is 0 Å². The molecule has 0 bridgehead atoms. The van der Waals surface area contributed by atoms with Crippen LogP contribution in [0.5, 0.6) is 0 Å². The molecule has 6 N–H and O–H groups in total. The van der Waals surface area contributed by atoms with Gasteiger partial charge in [-0.25, -0.2) is 0 Å². The van der Waals surface area contributed by atoms with Gasteiger partial charge in [0.2, 0.25) is 0 Å². The molecule has 0 aliphatic carbocycles. The standard InChI is InChI=1S/2C11H18N4.2BrH/c2*1-7-5-10(12)14-15-11(7)9-3-4-13-8(2)6-9;;/h2*5,8-9,13H,3-4,6H2,1-2H3,(H2,12,14);2*1H/t2*8-,9-;;/m00../s1. The Bertz CT molecular complexity index is 781. The van der Waals surface area contributed by atoms with Crippen LogP contribution in [0.4, 0.5) is 11.6 Å². The summed E-state index contributed by atoms with van der Waals surface area (Å²) >= 11 is 0. The molecule has 2 fully saturated rings. The van der Waals surface area contributed by atoms with E-state index in [2.05, 4.69) is 58.7 Å². The molecule has 8 nitrogen and oxygen atoms in total. The molecule has 4 atom stereocenters. The number of rotatable bonds is 2. The molecule has 2 saturated heterocycles. The van der Waals surface area contributed by atoms with E-state index in [-0.39, 0.29) is 34.0 Å². The van der Waals surface area contributed by atoms with Crippen molar-refractivity contribution in [2.75, 3.05) is 24.6 Å². The quantitative estimate of drug-likeness (QED) is 0.429. The smallest absolute Gasteiger partial charge is 0.146 e. The van der Waals surface area contributed by atoms with E-state index in [1.165, 1.54) is 11.1 Å². The third-order valence-electron chi connectivity index (χ3n) is 6.10. The van der Waals surface area contributed by atoms with Crippen LogP contribution >= 0.6 is 34.0 Å². The van der Waals surface area contributed by atoms with Gasteiger partial charge in [-0.1, -0.05) is 0 Å². The van der Waals surface area contributed by atoms with Crippen molar-refractivity contribution in [3.05, 3.63) is 34.6 Å². The molecule has 2 aliphatic rings. The van der Waals surface area contributed by atoms with Crippen molar-refractivity contribution in [3.8, 4) is 0 Å². The predicted molar refractivity (Wildman–Crippen MR) is 142 cm³/mol. The molecule has 2 aromatic heterocycles. The highest BCUT2D eigenvalue weighted by Gasteiger charge is 2.23. The van der Waals surface area contributed by atoms with Crippen LogP contribution in [0.1, 0.15) is 73.9 Å². The Hall–Kier alpha value is -1.36. The van der Waals surface area contributed by atoms with E-state index in [1.54, 1.807) is 0 Å². The fourth-order valence-corrected chi connectivity index (χ4v) is 4.60. The maximum atomic E-state index is 5.60. The zero-order valence-corrected chi connectivity index (χ0v) is 22.9. The van der Waals surface area contributed by atoms with Crippen LogP contribution in [0.3, 0.4) is 0 Å². The number of aryl methyl sites for hydroxylation is 2. The minimum absolute atomic E-state index is 0. The lowest BCUT2D eigenvalue weighted by atomic mass is 9.88. The fraction of sp³-hybridized carbons (Fsp3) is 0.636. The first-order valence-electron chi connectivity index (χ1n) is 11.0. The SMILES string of the molecule is Br.Br.Cc1cc(N)nnc1[C@H]1CCN[C@@H](C)C1.Cc1cc(N)nnc1[C@H]1CCN[C@@H](C)C1. The first-order chi connectivity index (χ1) is 14.3. The van der Waals surface area contributed by atoms with Crippen molar-refractivity contribution in [2.24, 2.45) is 0 Å². The lowest BCUT2D eigenvalue weighted by Crippen LogP contribution is -2.35. The minimum atomic E-state index is 0. The highest BCUT2D eigenvalue weighted by atomic mass is 79.9. The molecule has 0 saturated carbocycles. The Balaban J connectivity index is 0.000000301. The van der Waals surface area contributed by atoms with Crippen molar-refractivity contribution < 1.29 is 0 Å². The van der Waals surface area contributed by atoms with Gasteiger partial charge in [-0.2, -0.15) is 10.2 Å². The van der Waals surface area contributed by atoms with E-state index in [0.29, 0.717) is 35.6 Å². The van der Waals surface area contributed by atoms with E-state index >= 15 is 0 Å². The van der Waals surface area contributed by atoms with Crippen molar-refractivity contribution in [2.45, 2.75) is 77.3 Å². The zero-order chi connectivity index (χ0) is 21.7. The van der Waals surface area contributed by atoms with Crippen molar-refractivity contribution >= 4 is 45.6 Å². The number of nitrogen functional groups attached to an aromatic ring is 2. The van der Waals surface area contributed by atoms with Crippen LogP contribution < -0.4 is 22.1 Å². The van der Waals surface area contributed by atoms with Gasteiger partial charge >= 0.3 is 0 Å². The normalized spacial score (nSPS) is 24.9. The monoisotopic (exact) mass is 572 g/mol. The average molecular weight is 574 g/mol. The third-order valence-corrected chi connectivity index (χ3v) is 6.10. The number of nitrogens with one attached hydrogen (secondary N) is 2. The van der Waals surface area contributed by atoms with E-state index in [9.17, 15) is 0 Å². The number of halogens is 2. The lowest BCUT2D eigenvalue weighted by Gasteiger charge is -2.28. The summed E-state index contributed by atoms with van der Waals surface area (Å²) in [4.78, 5) is 0. The molecule has 2 aliphatic heterocycles. The molecule has 4 rings (SSSR count). The van der Waals surface area contributed by atoms with E-state index in [1.807, 2.05) is 12.1 Å². The Morgan fingerprint density at radius 1 is 0.719 bits per heavy atom. The van der Waals surface area contributed by atoms with Crippen molar-refractivity contribution in [1.82, 2.24) is 31.0 Å². The van der Waals surface area contributed by atoms with Crippen LogP contribution in [0.15, 0.2) is 12.1 Å². The summed E-state index contributed by atoms with van der Waals surface area (Å²) in [6.07, 6.45) is 4.56. The van der Waals surface area contributed by atoms with Crippen LogP contribution in [0.2, 0.25) is 0 Å². The van der Waals surface area contributed by atoms with Gasteiger partial charge in [0.25, 0.3) is 0 Å². The van der Waals surface area contributed by atoms with Gasteiger partial charge < -0.3 is 22.1 Å². The molecule has 10 heteroatoms. The van der Waals surface area contributed by atoms with Crippen LogP contribution in [-0.2, 0) is 0 Å². The molecule has 32 heavy (non-hydrogen) atoms. The maximum absolute atomic E-state index is 5.60. The van der Waals surface area contributed by atoms with Crippen LogP contribution in [-0.4, -0.2) is 45.6 Å². The molecule has 4 heterocycles. The molecule has 0 amide bonds. The second kappa shape index (κ2) is 13.4. The molecular formula is C22H38Br2N8. The number of nitrogens with two attached hydrogens (primary N) is 2. The molecule has 0 unspecified atom stereocenters. The molecule has 0 radical (unpaired) electrons. The Morgan fingerprint density at radius 3 is 1.41 bits per heavy atom. The minimum Gasteiger partial charge on any atom is -0.382 e. The highest BCUT2D eigenvalue weighted by molar-refractivity contribution is 8.93. The summed E-state index contributed by atoms with van der Waals surface area (Å²) in [5.41, 5.74) is 15.8. The summed E-state index contributed by atoms with van der Waals surface area (Å²) < 4.78 is 0. The molecule has 0 spiro atoms. The van der Waals surface area contributed by atoms with Crippen LogP contribution in [0.25, 0.3) is 0 Å². The Kier molecular flexibility index (Phi) is 12.0. The van der Waals surface area contributed by atoms with Gasteiger partial charge in [0, 0.05) is 23.9 Å². The van der Waals surface area contributed by atoms with Gasteiger partial charge in [0.05, 0.1) is 11.4 Å². The maximum Gasteiger partial charge on any atom is 0.146 e. The number of hydrogen-bond donors (Lipinski definition) is 4. The molecule has 2 aromatic rings. The molecular weight excluding hydrogens is 536 g/mol. The van der Waals surface area contributed by atoms with E-state index in [0.717, 1.165) is 50.2 Å². The second-order valence-electron chi connectivity index (χ2n) is 8.83. The summed E-state index contributed by atoms with van der Waals surface area (Å²) in [5.74, 6) is 2.10. The van der Waals surface area contributed by atoms with Gasteiger partial charge in [-0.05, 0) is 89.7 Å².